The summed E-state index contributed by atoms with van der Waals surface area (Å²) in [5.74, 6) is 0.351. The van der Waals surface area contributed by atoms with Crippen molar-refractivity contribution < 1.29 is 4.79 Å². The fraction of sp³-hybridized carbons (Fsp3) is 0.364. The third-order valence-electron chi connectivity index (χ3n) is 2.51. The van der Waals surface area contributed by atoms with E-state index in [1.165, 1.54) is 5.56 Å². The van der Waals surface area contributed by atoms with Crippen molar-refractivity contribution in [1.29, 1.82) is 0 Å². The van der Waals surface area contributed by atoms with Crippen molar-refractivity contribution >= 4 is 34.1 Å². The maximum absolute atomic E-state index is 11.3. The predicted molar refractivity (Wildman–Crippen MR) is 66.4 cm³/mol. The monoisotopic (exact) mass is 289 g/mol. The van der Waals surface area contributed by atoms with E-state index in [0.717, 1.165) is 11.0 Å². The summed E-state index contributed by atoms with van der Waals surface area (Å²) < 4.78 is 1.08. The Balaban J connectivity index is 0.00000112. The number of ketones is 1. The highest BCUT2D eigenvalue weighted by Crippen LogP contribution is 2.27. The first-order valence-electron chi connectivity index (χ1n) is 4.77. The van der Waals surface area contributed by atoms with Gasteiger partial charge in [-0.2, -0.15) is 0 Å². The number of halogens is 2. The second kappa shape index (κ2) is 5.64. The first-order chi connectivity index (χ1) is 6.77. The maximum atomic E-state index is 11.3. The van der Waals surface area contributed by atoms with E-state index < -0.39 is 0 Å². The summed E-state index contributed by atoms with van der Waals surface area (Å²) in [5, 5.41) is 3.36. The molecule has 0 radical (unpaired) electrons. The van der Waals surface area contributed by atoms with Crippen LogP contribution in [0.25, 0.3) is 0 Å². The summed E-state index contributed by atoms with van der Waals surface area (Å²) in [7, 11) is 0. The Morgan fingerprint density at radius 3 is 2.73 bits per heavy atom. The van der Waals surface area contributed by atoms with Crippen molar-refractivity contribution in [2.45, 2.75) is 18.9 Å². The Bertz CT molecular complexity index is 356. The number of rotatable bonds is 1. The average molecular weight is 291 g/mol. The van der Waals surface area contributed by atoms with Crippen molar-refractivity contribution in [1.82, 2.24) is 5.32 Å². The van der Waals surface area contributed by atoms with Crippen molar-refractivity contribution in [3.8, 4) is 0 Å². The van der Waals surface area contributed by atoms with Gasteiger partial charge in [-0.15, -0.1) is 12.4 Å². The van der Waals surface area contributed by atoms with E-state index in [1.54, 1.807) is 0 Å². The Morgan fingerprint density at radius 2 is 2.07 bits per heavy atom. The van der Waals surface area contributed by atoms with Gasteiger partial charge in [0.25, 0.3) is 0 Å². The molecule has 0 bridgehead atoms. The lowest BCUT2D eigenvalue weighted by Gasteiger charge is -2.23. The molecule has 2 nitrogen and oxygen atoms in total. The molecule has 15 heavy (non-hydrogen) atoms. The van der Waals surface area contributed by atoms with Gasteiger partial charge in [0.05, 0.1) is 0 Å². The van der Waals surface area contributed by atoms with Crippen LogP contribution >= 0.6 is 28.3 Å². The van der Waals surface area contributed by atoms with Crippen molar-refractivity contribution in [3.05, 3.63) is 34.3 Å². The molecule has 1 atom stereocenters. The molecule has 4 heteroatoms. The van der Waals surface area contributed by atoms with Gasteiger partial charge >= 0.3 is 0 Å². The smallest absolute Gasteiger partial charge is 0.136 e. The summed E-state index contributed by atoms with van der Waals surface area (Å²) in [6.07, 6.45) is 1.28. The second-order valence-electron chi connectivity index (χ2n) is 3.52. The van der Waals surface area contributed by atoms with Gasteiger partial charge in [0.1, 0.15) is 5.78 Å². The molecule has 1 aliphatic heterocycles. The first-order valence-corrected chi connectivity index (χ1v) is 5.56. The Hall–Kier alpha value is -0.380. The maximum Gasteiger partial charge on any atom is 0.136 e. The van der Waals surface area contributed by atoms with E-state index in [0.29, 0.717) is 18.6 Å². The van der Waals surface area contributed by atoms with Crippen LogP contribution in [-0.4, -0.2) is 12.3 Å². The average Bonchev–Trinajstić information content (AvgIpc) is 2.18. The highest BCUT2D eigenvalue weighted by molar-refractivity contribution is 9.10. The standard InChI is InChI=1S/C11H12BrNO.ClH/c12-10-4-2-1-3-9(10)11-7-8(14)5-6-13-11;/h1-4,11,13H,5-7H2;1H. The second-order valence-corrected chi connectivity index (χ2v) is 4.38. The van der Waals surface area contributed by atoms with Crippen LogP contribution in [0.2, 0.25) is 0 Å². The summed E-state index contributed by atoms with van der Waals surface area (Å²) in [4.78, 5) is 11.3. The van der Waals surface area contributed by atoms with E-state index in [4.69, 9.17) is 0 Å². The molecule has 1 heterocycles. The fourth-order valence-electron chi connectivity index (χ4n) is 1.77. The fourth-order valence-corrected chi connectivity index (χ4v) is 2.33. The lowest BCUT2D eigenvalue weighted by Crippen LogP contribution is -2.31. The Morgan fingerprint density at radius 1 is 1.33 bits per heavy atom. The van der Waals surface area contributed by atoms with Gasteiger partial charge in [0.2, 0.25) is 0 Å². The van der Waals surface area contributed by atoms with E-state index in [9.17, 15) is 4.79 Å². The quantitative estimate of drug-likeness (QED) is 0.862. The van der Waals surface area contributed by atoms with Gasteiger partial charge in [0.15, 0.2) is 0 Å². The molecule has 0 saturated carbocycles. The third kappa shape index (κ3) is 3.03. The summed E-state index contributed by atoms with van der Waals surface area (Å²) in [5.41, 5.74) is 1.18. The number of piperidine rings is 1. The Labute approximate surface area is 104 Å². The van der Waals surface area contributed by atoms with Crippen molar-refractivity contribution in [2.24, 2.45) is 0 Å². The minimum Gasteiger partial charge on any atom is -0.309 e. The summed E-state index contributed by atoms with van der Waals surface area (Å²) in [6.45, 7) is 0.796. The number of benzene rings is 1. The SMILES string of the molecule is Cl.O=C1CCNC(c2ccccc2Br)C1. The van der Waals surface area contributed by atoms with Crippen LogP contribution < -0.4 is 5.32 Å². The molecular weight excluding hydrogens is 277 g/mol. The van der Waals surface area contributed by atoms with Crippen LogP contribution in [0.4, 0.5) is 0 Å². The minimum atomic E-state index is 0. The summed E-state index contributed by atoms with van der Waals surface area (Å²) in [6, 6.07) is 8.24. The Kier molecular flexibility index (Phi) is 4.77. The predicted octanol–water partition coefficient (Wildman–Crippen LogP) is 2.86. The van der Waals surface area contributed by atoms with Gasteiger partial charge < -0.3 is 5.32 Å². The van der Waals surface area contributed by atoms with Crippen LogP contribution in [0.1, 0.15) is 24.4 Å². The molecule has 1 N–H and O–H groups in total. The largest absolute Gasteiger partial charge is 0.309 e. The zero-order valence-corrected chi connectivity index (χ0v) is 10.6. The molecule has 2 rings (SSSR count). The number of carbonyl (C=O) groups is 1. The van der Waals surface area contributed by atoms with Gasteiger partial charge in [-0.1, -0.05) is 34.1 Å². The van der Waals surface area contributed by atoms with E-state index in [-0.39, 0.29) is 18.4 Å². The number of Topliss-reactive ketones (excluding diaryl/α,β-unsaturated/α-hetero) is 1. The normalized spacial score (nSPS) is 20.9. The molecule has 1 fully saturated rings. The first kappa shape index (κ1) is 12.7. The van der Waals surface area contributed by atoms with Crippen LogP contribution in [0.5, 0.6) is 0 Å². The minimum absolute atomic E-state index is 0. The molecule has 82 valence electrons. The highest BCUT2D eigenvalue weighted by atomic mass is 79.9. The number of hydrogen-bond acceptors (Lipinski definition) is 2. The zero-order chi connectivity index (χ0) is 9.97. The van der Waals surface area contributed by atoms with E-state index in [1.807, 2.05) is 18.2 Å². The molecule has 1 aliphatic rings. The number of nitrogens with one attached hydrogen (secondary N) is 1. The molecule has 0 amide bonds. The number of carbonyl (C=O) groups excluding carboxylic acids is 1. The molecule has 1 unspecified atom stereocenters. The molecule has 0 aliphatic carbocycles. The van der Waals surface area contributed by atoms with Crippen LogP contribution in [-0.2, 0) is 4.79 Å². The third-order valence-corrected chi connectivity index (χ3v) is 3.23. The summed E-state index contributed by atoms with van der Waals surface area (Å²) >= 11 is 3.50. The van der Waals surface area contributed by atoms with E-state index >= 15 is 0 Å². The van der Waals surface area contributed by atoms with Crippen LogP contribution in [0, 0.1) is 0 Å². The van der Waals surface area contributed by atoms with Crippen LogP contribution in [0.3, 0.4) is 0 Å². The number of hydrogen-bond donors (Lipinski definition) is 1. The van der Waals surface area contributed by atoms with E-state index in [2.05, 4.69) is 27.3 Å². The molecular formula is C11H13BrClNO. The lowest BCUT2D eigenvalue weighted by molar-refractivity contribution is -0.120. The lowest BCUT2D eigenvalue weighted by atomic mass is 9.97. The zero-order valence-electron chi connectivity index (χ0n) is 8.20. The van der Waals surface area contributed by atoms with Gasteiger partial charge in [-0.05, 0) is 11.6 Å². The highest BCUT2D eigenvalue weighted by Gasteiger charge is 2.21. The molecule has 1 aromatic carbocycles. The molecule has 0 spiro atoms. The van der Waals surface area contributed by atoms with Gasteiger partial charge in [-0.25, -0.2) is 0 Å². The van der Waals surface area contributed by atoms with Gasteiger partial charge in [-0.3, -0.25) is 4.79 Å². The molecule has 1 aromatic rings. The topological polar surface area (TPSA) is 29.1 Å². The van der Waals surface area contributed by atoms with Crippen molar-refractivity contribution in [2.75, 3.05) is 6.54 Å². The molecule has 0 aromatic heterocycles. The van der Waals surface area contributed by atoms with Crippen molar-refractivity contribution in [3.63, 3.8) is 0 Å². The van der Waals surface area contributed by atoms with Gasteiger partial charge in [0, 0.05) is 29.9 Å². The van der Waals surface area contributed by atoms with Crippen LogP contribution in [0.15, 0.2) is 28.7 Å². The molecule has 1 saturated heterocycles.